The summed E-state index contributed by atoms with van der Waals surface area (Å²) >= 11 is 0. The zero-order chi connectivity index (χ0) is 17.2. The van der Waals surface area contributed by atoms with E-state index < -0.39 is 0 Å². The maximum Gasteiger partial charge on any atom is 0.0702 e. The fraction of sp³-hybridized carbons (Fsp3) is 0.125. The Morgan fingerprint density at radius 3 is 2.32 bits per heavy atom. The van der Waals surface area contributed by atoms with Gasteiger partial charge in [-0.3, -0.25) is 4.98 Å². The largest absolute Gasteiger partial charge is 0.256 e. The van der Waals surface area contributed by atoms with Crippen molar-refractivity contribution in [3.63, 3.8) is 0 Å². The van der Waals surface area contributed by atoms with E-state index in [0.717, 1.165) is 11.3 Å². The van der Waals surface area contributed by atoms with Crippen molar-refractivity contribution in [3.05, 3.63) is 90.6 Å². The van der Waals surface area contributed by atoms with E-state index >= 15 is 0 Å². The van der Waals surface area contributed by atoms with Crippen LogP contribution in [0.1, 0.15) is 25.3 Å². The Bertz CT molecular complexity index is 1010. The van der Waals surface area contributed by atoms with Crippen LogP contribution in [0.3, 0.4) is 0 Å². The van der Waals surface area contributed by atoms with Gasteiger partial charge in [-0.2, -0.15) is 0 Å². The van der Waals surface area contributed by atoms with Gasteiger partial charge in [0.15, 0.2) is 0 Å². The maximum atomic E-state index is 4.73. The number of hydrogen-bond acceptors (Lipinski definition) is 1. The van der Waals surface area contributed by atoms with Gasteiger partial charge in [0.1, 0.15) is 0 Å². The number of fused-ring (bicyclic) bond motifs is 1. The number of hydrogen-bond donors (Lipinski definition) is 0. The third-order valence-electron chi connectivity index (χ3n) is 4.71. The summed E-state index contributed by atoms with van der Waals surface area (Å²) in [6.07, 6.45) is 1.99. The lowest BCUT2D eigenvalue weighted by Gasteiger charge is -2.09. The molecule has 0 bridgehead atoms. The van der Waals surface area contributed by atoms with Crippen molar-refractivity contribution < 1.29 is 0 Å². The monoisotopic (exact) mass is 323 g/mol. The molecule has 4 rings (SSSR count). The van der Waals surface area contributed by atoms with Crippen molar-refractivity contribution in [1.82, 2.24) is 4.98 Å². The van der Waals surface area contributed by atoms with Gasteiger partial charge in [0.25, 0.3) is 0 Å². The number of benzene rings is 3. The summed E-state index contributed by atoms with van der Waals surface area (Å²) in [6.45, 7) is 4.44. The summed E-state index contributed by atoms with van der Waals surface area (Å²) in [5, 5.41) is 2.52. The molecule has 0 atom stereocenters. The molecule has 25 heavy (non-hydrogen) atoms. The molecular weight excluding hydrogens is 302 g/mol. The first-order valence-corrected chi connectivity index (χ1v) is 8.77. The van der Waals surface area contributed by atoms with Crippen molar-refractivity contribution in [2.24, 2.45) is 0 Å². The van der Waals surface area contributed by atoms with Gasteiger partial charge in [-0.25, -0.2) is 0 Å². The van der Waals surface area contributed by atoms with Crippen LogP contribution in [0.15, 0.2) is 85.1 Å². The lowest BCUT2D eigenvalue weighted by Crippen LogP contribution is -1.90. The minimum atomic E-state index is 0.523. The van der Waals surface area contributed by atoms with E-state index in [1.807, 2.05) is 6.20 Å². The van der Waals surface area contributed by atoms with Crippen LogP contribution < -0.4 is 0 Å². The Morgan fingerprint density at radius 2 is 1.52 bits per heavy atom. The van der Waals surface area contributed by atoms with Crippen molar-refractivity contribution in [3.8, 4) is 22.4 Å². The van der Waals surface area contributed by atoms with E-state index in [-0.39, 0.29) is 0 Å². The van der Waals surface area contributed by atoms with Crippen LogP contribution in [0, 0.1) is 0 Å². The Kier molecular flexibility index (Phi) is 4.07. The van der Waals surface area contributed by atoms with Gasteiger partial charge in [0, 0.05) is 17.3 Å². The van der Waals surface area contributed by atoms with Crippen LogP contribution in [-0.2, 0) is 0 Å². The standard InChI is InChI=1S/C24H21N/c1-17(2)19-9-5-10-20(15-19)24-14-13-21(16-25-24)23-12-6-8-18-7-3-4-11-22(18)23/h3-17H,1-2H3. The molecule has 0 aliphatic heterocycles. The van der Waals surface area contributed by atoms with E-state index in [9.17, 15) is 0 Å². The number of pyridine rings is 1. The molecule has 3 aromatic carbocycles. The minimum absolute atomic E-state index is 0.523. The first-order valence-electron chi connectivity index (χ1n) is 8.77. The number of rotatable bonds is 3. The fourth-order valence-corrected chi connectivity index (χ4v) is 3.26. The summed E-state index contributed by atoms with van der Waals surface area (Å²) in [5.74, 6) is 0.523. The predicted molar refractivity (Wildman–Crippen MR) is 107 cm³/mol. The molecule has 4 aromatic rings. The topological polar surface area (TPSA) is 12.9 Å². The summed E-state index contributed by atoms with van der Waals surface area (Å²) in [5.41, 5.74) is 5.92. The van der Waals surface area contributed by atoms with E-state index in [2.05, 4.69) is 92.7 Å². The average molecular weight is 323 g/mol. The summed E-state index contributed by atoms with van der Waals surface area (Å²) in [7, 11) is 0. The van der Waals surface area contributed by atoms with Crippen molar-refractivity contribution in [2.45, 2.75) is 19.8 Å². The fourth-order valence-electron chi connectivity index (χ4n) is 3.26. The second-order valence-corrected chi connectivity index (χ2v) is 6.74. The molecule has 1 aromatic heterocycles. The maximum absolute atomic E-state index is 4.73. The third kappa shape index (κ3) is 3.06. The second kappa shape index (κ2) is 6.52. The molecule has 0 unspecified atom stereocenters. The van der Waals surface area contributed by atoms with Crippen LogP contribution in [0.25, 0.3) is 33.2 Å². The number of nitrogens with zero attached hydrogens (tertiary/aromatic N) is 1. The van der Waals surface area contributed by atoms with Gasteiger partial charge in [-0.1, -0.05) is 80.6 Å². The normalized spacial score (nSPS) is 11.2. The van der Waals surface area contributed by atoms with Gasteiger partial charge in [0.05, 0.1) is 5.69 Å². The summed E-state index contributed by atoms with van der Waals surface area (Å²) in [6, 6.07) is 27.9. The van der Waals surface area contributed by atoms with Crippen molar-refractivity contribution >= 4 is 10.8 Å². The molecule has 0 saturated carbocycles. The molecular formula is C24H21N. The Labute approximate surface area is 149 Å². The lowest BCUT2D eigenvalue weighted by molar-refractivity contribution is 0.867. The van der Waals surface area contributed by atoms with Gasteiger partial charge in [0.2, 0.25) is 0 Å². The molecule has 0 radical (unpaired) electrons. The highest BCUT2D eigenvalue weighted by molar-refractivity contribution is 5.96. The van der Waals surface area contributed by atoms with Crippen LogP contribution in [0.2, 0.25) is 0 Å². The van der Waals surface area contributed by atoms with Crippen LogP contribution >= 0.6 is 0 Å². The Morgan fingerprint density at radius 1 is 0.720 bits per heavy atom. The van der Waals surface area contributed by atoms with Crippen molar-refractivity contribution in [2.75, 3.05) is 0 Å². The SMILES string of the molecule is CC(C)c1cccc(-c2ccc(-c3cccc4ccccc34)cn2)c1. The molecule has 0 aliphatic rings. The highest BCUT2D eigenvalue weighted by Gasteiger charge is 2.06. The highest BCUT2D eigenvalue weighted by atomic mass is 14.7. The summed E-state index contributed by atoms with van der Waals surface area (Å²) in [4.78, 5) is 4.73. The van der Waals surface area contributed by atoms with E-state index in [1.165, 1.54) is 27.5 Å². The molecule has 0 N–H and O–H groups in total. The van der Waals surface area contributed by atoms with Gasteiger partial charge < -0.3 is 0 Å². The smallest absolute Gasteiger partial charge is 0.0702 e. The zero-order valence-corrected chi connectivity index (χ0v) is 14.6. The molecule has 122 valence electrons. The molecule has 0 amide bonds. The van der Waals surface area contributed by atoms with Crippen LogP contribution in [-0.4, -0.2) is 4.98 Å². The third-order valence-corrected chi connectivity index (χ3v) is 4.71. The van der Waals surface area contributed by atoms with Crippen LogP contribution in [0.5, 0.6) is 0 Å². The van der Waals surface area contributed by atoms with E-state index in [1.54, 1.807) is 0 Å². The highest BCUT2D eigenvalue weighted by Crippen LogP contribution is 2.29. The Hall–Kier alpha value is -2.93. The number of aromatic nitrogens is 1. The van der Waals surface area contributed by atoms with Gasteiger partial charge in [-0.15, -0.1) is 0 Å². The Balaban J connectivity index is 1.74. The zero-order valence-electron chi connectivity index (χ0n) is 14.6. The molecule has 0 aliphatic carbocycles. The first kappa shape index (κ1) is 15.6. The molecule has 1 nitrogen and oxygen atoms in total. The summed E-state index contributed by atoms with van der Waals surface area (Å²) < 4.78 is 0. The molecule has 0 spiro atoms. The van der Waals surface area contributed by atoms with E-state index in [4.69, 9.17) is 4.98 Å². The van der Waals surface area contributed by atoms with Gasteiger partial charge >= 0.3 is 0 Å². The van der Waals surface area contributed by atoms with E-state index in [0.29, 0.717) is 5.92 Å². The van der Waals surface area contributed by atoms with Crippen LogP contribution in [0.4, 0.5) is 0 Å². The molecule has 1 heterocycles. The predicted octanol–water partition coefficient (Wildman–Crippen LogP) is 6.69. The molecule has 0 fully saturated rings. The minimum Gasteiger partial charge on any atom is -0.256 e. The molecule has 0 saturated heterocycles. The molecule has 1 heteroatoms. The van der Waals surface area contributed by atoms with Crippen molar-refractivity contribution in [1.29, 1.82) is 0 Å². The second-order valence-electron chi connectivity index (χ2n) is 6.74. The first-order chi connectivity index (χ1) is 12.2. The van der Waals surface area contributed by atoms with Gasteiger partial charge in [-0.05, 0) is 39.9 Å². The lowest BCUT2D eigenvalue weighted by atomic mass is 9.97. The average Bonchev–Trinajstić information content (AvgIpc) is 2.68. The quantitative estimate of drug-likeness (QED) is 0.409.